The van der Waals surface area contributed by atoms with Crippen molar-refractivity contribution in [2.45, 2.75) is 19.4 Å². The molecular weight excluding hydrogens is 230 g/mol. The lowest BCUT2D eigenvalue weighted by Gasteiger charge is -2.30. The summed E-state index contributed by atoms with van der Waals surface area (Å²) in [7, 11) is 0. The number of nitrogens with zero attached hydrogens (tertiary/aromatic N) is 1. The lowest BCUT2D eigenvalue weighted by atomic mass is 10.0. The van der Waals surface area contributed by atoms with Crippen LogP contribution in [0.15, 0.2) is 12.1 Å². The molecule has 1 aromatic rings. The second-order valence-electron chi connectivity index (χ2n) is 4.82. The Bertz CT molecular complexity index is 478. The van der Waals surface area contributed by atoms with Gasteiger partial charge in [0.05, 0.1) is 19.8 Å². The summed E-state index contributed by atoms with van der Waals surface area (Å²) in [5.41, 5.74) is 3.84. The predicted molar refractivity (Wildman–Crippen MR) is 68.0 cm³/mol. The van der Waals surface area contributed by atoms with Crippen LogP contribution in [0.2, 0.25) is 0 Å². The molecule has 0 bridgehead atoms. The van der Waals surface area contributed by atoms with Crippen LogP contribution >= 0.6 is 0 Å². The fourth-order valence-electron chi connectivity index (χ4n) is 2.75. The van der Waals surface area contributed by atoms with E-state index in [-0.39, 0.29) is 12.4 Å². The van der Waals surface area contributed by atoms with Crippen LogP contribution in [0.3, 0.4) is 0 Å². The number of benzene rings is 1. The zero-order valence-electron chi connectivity index (χ0n) is 10.3. The average Bonchev–Trinajstić information content (AvgIpc) is 2.79. The van der Waals surface area contributed by atoms with Crippen LogP contribution in [0.4, 0.5) is 5.69 Å². The van der Waals surface area contributed by atoms with Crippen LogP contribution in [-0.2, 0) is 17.8 Å². The van der Waals surface area contributed by atoms with Gasteiger partial charge in [0.2, 0.25) is 0 Å². The van der Waals surface area contributed by atoms with Crippen molar-refractivity contribution in [1.82, 2.24) is 0 Å². The van der Waals surface area contributed by atoms with Gasteiger partial charge in [-0.25, -0.2) is 0 Å². The summed E-state index contributed by atoms with van der Waals surface area (Å²) in [4.78, 5) is 13.9. The maximum Gasteiger partial charge on any atom is 0.163 e. The van der Waals surface area contributed by atoms with Gasteiger partial charge in [0.1, 0.15) is 0 Å². The third-order valence-electron chi connectivity index (χ3n) is 3.75. The van der Waals surface area contributed by atoms with Crippen molar-refractivity contribution < 1.29 is 14.6 Å². The summed E-state index contributed by atoms with van der Waals surface area (Å²) in [5, 5.41) is 9.50. The van der Waals surface area contributed by atoms with E-state index in [9.17, 15) is 9.90 Å². The summed E-state index contributed by atoms with van der Waals surface area (Å²) < 4.78 is 5.35. The molecule has 96 valence electrons. The average molecular weight is 247 g/mol. The number of ether oxygens (including phenoxy) is 1. The van der Waals surface area contributed by atoms with Gasteiger partial charge in [-0.1, -0.05) is 0 Å². The van der Waals surface area contributed by atoms with Crippen molar-refractivity contribution in [2.75, 3.05) is 31.2 Å². The third-order valence-corrected chi connectivity index (χ3v) is 3.75. The largest absolute Gasteiger partial charge is 0.392 e. The van der Waals surface area contributed by atoms with Crippen molar-refractivity contribution in [1.29, 1.82) is 0 Å². The minimum atomic E-state index is -0.0206. The lowest BCUT2D eigenvalue weighted by Crippen LogP contribution is -2.36. The highest BCUT2D eigenvalue weighted by Crippen LogP contribution is 2.31. The van der Waals surface area contributed by atoms with Gasteiger partial charge in [0.25, 0.3) is 0 Å². The first-order valence-electron chi connectivity index (χ1n) is 6.42. The highest BCUT2D eigenvalue weighted by molar-refractivity contribution is 6.01. The second-order valence-corrected chi connectivity index (χ2v) is 4.82. The van der Waals surface area contributed by atoms with Gasteiger partial charge < -0.3 is 14.7 Å². The molecule has 0 radical (unpaired) electrons. The molecule has 0 unspecified atom stereocenters. The van der Waals surface area contributed by atoms with Gasteiger partial charge in [-0.3, -0.25) is 4.79 Å². The number of hydrogen-bond donors (Lipinski definition) is 1. The van der Waals surface area contributed by atoms with E-state index < -0.39 is 0 Å². The van der Waals surface area contributed by atoms with E-state index in [2.05, 4.69) is 11.0 Å². The molecule has 3 rings (SSSR count). The molecule has 1 heterocycles. The van der Waals surface area contributed by atoms with Gasteiger partial charge in [0.15, 0.2) is 5.78 Å². The van der Waals surface area contributed by atoms with Crippen molar-refractivity contribution in [2.24, 2.45) is 0 Å². The molecule has 0 amide bonds. The van der Waals surface area contributed by atoms with Crippen LogP contribution in [0, 0.1) is 0 Å². The molecule has 1 aliphatic heterocycles. The molecule has 4 nitrogen and oxygen atoms in total. The minimum Gasteiger partial charge on any atom is -0.392 e. The first-order valence-corrected chi connectivity index (χ1v) is 6.42. The van der Waals surface area contributed by atoms with Crippen LogP contribution in [-0.4, -0.2) is 37.2 Å². The van der Waals surface area contributed by atoms with Crippen molar-refractivity contribution in [3.8, 4) is 0 Å². The number of fused-ring (bicyclic) bond motifs is 1. The van der Waals surface area contributed by atoms with Crippen LogP contribution in [0.5, 0.6) is 0 Å². The third kappa shape index (κ3) is 1.91. The standard InChI is InChI=1S/C14H17NO3/c16-9-11-7-12-10(1-2-14(12)17)8-13(11)15-3-5-18-6-4-15/h7-8,16H,1-6,9H2. The molecule has 0 atom stereocenters. The van der Waals surface area contributed by atoms with E-state index in [4.69, 9.17) is 4.74 Å². The van der Waals surface area contributed by atoms with Crippen LogP contribution < -0.4 is 4.90 Å². The maximum atomic E-state index is 11.7. The monoisotopic (exact) mass is 247 g/mol. The molecule has 1 aliphatic carbocycles. The van der Waals surface area contributed by atoms with E-state index >= 15 is 0 Å². The number of anilines is 1. The Morgan fingerprint density at radius 2 is 2.00 bits per heavy atom. The van der Waals surface area contributed by atoms with Crippen molar-refractivity contribution in [3.63, 3.8) is 0 Å². The Morgan fingerprint density at radius 3 is 2.72 bits per heavy atom. The van der Waals surface area contributed by atoms with Gasteiger partial charge in [-0.15, -0.1) is 0 Å². The molecule has 1 N–H and O–H groups in total. The smallest absolute Gasteiger partial charge is 0.163 e. The zero-order valence-corrected chi connectivity index (χ0v) is 10.3. The van der Waals surface area contributed by atoms with Crippen molar-refractivity contribution >= 4 is 11.5 Å². The predicted octanol–water partition coefficient (Wildman–Crippen LogP) is 1.14. The van der Waals surface area contributed by atoms with Gasteiger partial charge in [-0.2, -0.15) is 0 Å². The fourth-order valence-corrected chi connectivity index (χ4v) is 2.75. The first-order chi connectivity index (χ1) is 8.79. The zero-order chi connectivity index (χ0) is 12.5. The molecule has 4 heteroatoms. The molecule has 0 spiro atoms. The highest BCUT2D eigenvalue weighted by atomic mass is 16.5. The molecule has 0 saturated carbocycles. The lowest BCUT2D eigenvalue weighted by molar-refractivity contribution is 0.0994. The fraction of sp³-hybridized carbons (Fsp3) is 0.500. The van der Waals surface area contributed by atoms with Crippen LogP contribution in [0.1, 0.15) is 27.9 Å². The molecular formula is C14H17NO3. The summed E-state index contributed by atoms with van der Waals surface area (Å²) >= 11 is 0. The second kappa shape index (κ2) is 4.71. The summed E-state index contributed by atoms with van der Waals surface area (Å²) in [6.07, 6.45) is 1.43. The number of carbonyl (C=O) groups excluding carboxylic acids is 1. The van der Waals surface area contributed by atoms with E-state index in [1.165, 1.54) is 0 Å². The number of Topliss-reactive ketones (excluding diaryl/α,β-unsaturated/α-hetero) is 1. The first kappa shape index (κ1) is 11.7. The number of aryl methyl sites for hydroxylation is 1. The molecule has 1 fully saturated rings. The quantitative estimate of drug-likeness (QED) is 0.851. The number of morpholine rings is 1. The van der Waals surface area contributed by atoms with Crippen LogP contribution in [0.25, 0.3) is 0 Å². The highest BCUT2D eigenvalue weighted by Gasteiger charge is 2.23. The Hall–Kier alpha value is -1.39. The molecule has 1 saturated heterocycles. The van der Waals surface area contributed by atoms with E-state index in [1.54, 1.807) is 0 Å². The molecule has 1 aromatic carbocycles. The summed E-state index contributed by atoms with van der Waals surface area (Å²) in [6, 6.07) is 3.95. The SMILES string of the molecule is O=C1CCc2cc(N3CCOCC3)c(CO)cc21. The Balaban J connectivity index is 2.00. The molecule has 0 aromatic heterocycles. The summed E-state index contributed by atoms with van der Waals surface area (Å²) in [6.45, 7) is 3.12. The number of hydrogen-bond acceptors (Lipinski definition) is 4. The van der Waals surface area contributed by atoms with E-state index in [1.807, 2.05) is 6.07 Å². The maximum absolute atomic E-state index is 11.7. The van der Waals surface area contributed by atoms with Gasteiger partial charge >= 0.3 is 0 Å². The number of rotatable bonds is 2. The number of carbonyl (C=O) groups is 1. The normalized spacial score (nSPS) is 19.2. The van der Waals surface area contributed by atoms with Crippen molar-refractivity contribution in [3.05, 3.63) is 28.8 Å². The topological polar surface area (TPSA) is 49.8 Å². The molecule has 2 aliphatic rings. The summed E-state index contributed by atoms with van der Waals surface area (Å²) in [5.74, 6) is 0.202. The number of aliphatic hydroxyl groups excluding tert-OH is 1. The Morgan fingerprint density at radius 1 is 1.22 bits per heavy atom. The minimum absolute atomic E-state index is 0.0206. The van der Waals surface area contributed by atoms with Gasteiger partial charge in [0, 0.05) is 36.3 Å². The Kier molecular flexibility index (Phi) is 3.06. The number of aliphatic hydroxyl groups is 1. The van der Waals surface area contributed by atoms with E-state index in [0.29, 0.717) is 6.42 Å². The Labute approximate surface area is 106 Å². The molecule has 18 heavy (non-hydrogen) atoms. The van der Waals surface area contributed by atoms with Gasteiger partial charge in [-0.05, 0) is 24.1 Å². The number of ketones is 1. The van der Waals surface area contributed by atoms with E-state index in [0.717, 1.165) is 55.1 Å².